The first-order valence-corrected chi connectivity index (χ1v) is 7.52. The first kappa shape index (κ1) is 14.5. The van der Waals surface area contributed by atoms with Crippen molar-refractivity contribution in [3.63, 3.8) is 0 Å². The number of carbonyl (C=O) groups excluding carboxylic acids is 1. The Bertz CT molecular complexity index is 853. The molecule has 0 radical (unpaired) electrons. The fourth-order valence-corrected chi connectivity index (χ4v) is 2.42. The third-order valence-corrected chi connectivity index (χ3v) is 3.69. The van der Waals surface area contributed by atoms with Gasteiger partial charge in [-0.2, -0.15) is 5.10 Å². The van der Waals surface area contributed by atoms with E-state index in [0.717, 1.165) is 15.4 Å². The van der Waals surface area contributed by atoms with Gasteiger partial charge in [-0.1, -0.05) is 34.1 Å². The number of furan rings is 1. The van der Waals surface area contributed by atoms with Crippen LogP contribution >= 0.6 is 15.9 Å². The van der Waals surface area contributed by atoms with Crippen LogP contribution < -0.4 is 5.43 Å². The van der Waals surface area contributed by atoms with Crippen molar-refractivity contribution in [3.8, 4) is 0 Å². The predicted octanol–water partition coefficient (Wildman–Crippen LogP) is 4.35. The highest BCUT2D eigenvalue weighted by Gasteiger charge is 2.08. The lowest BCUT2D eigenvalue weighted by Gasteiger charge is -2.00. The van der Waals surface area contributed by atoms with E-state index in [1.165, 1.54) is 0 Å². The number of hydrazone groups is 1. The number of nitrogens with one attached hydrogen (secondary N) is 1. The van der Waals surface area contributed by atoms with Crippen LogP contribution in [0.4, 0.5) is 0 Å². The number of carbonyl (C=O) groups is 1. The number of amides is 1. The standard InChI is InChI=1S/C17H13BrN2O2/c1-11(19-20-17(21)12-5-3-2-4-6-12)16-10-13-9-14(18)7-8-15(13)22-16/h2-10H,1H3,(H,20,21)/b19-11-. The summed E-state index contributed by atoms with van der Waals surface area (Å²) in [5, 5.41) is 5.08. The Morgan fingerprint density at radius 1 is 1.14 bits per heavy atom. The highest BCUT2D eigenvalue weighted by atomic mass is 79.9. The largest absolute Gasteiger partial charge is 0.455 e. The summed E-state index contributed by atoms with van der Waals surface area (Å²) in [6.07, 6.45) is 0. The molecular formula is C17H13BrN2O2. The van der Waals surface area contributed by atoms with Crippen LogP contribution in [0.25, 0.3) is 11.0 Å². The number of rotatable bonds is 3. The lowest BCUT2D eigenvalue weighted by atomic mass is 10.2. The second kappa shape index (κ2) is 6.15. The van der Waals surface area contributed by atoms with Gasteiger partial charge in [0.15, 0.2) is 5.76 Å². The van der Waals surface area contributed by atoms with Gasteiger partial charge in [-0.15, -0.1) is 0 Å². The SMILES string of the molecule is C/C(=N/NC(=O)c1ccccc1)c1cc2cc(Br)ccc2o1. The molecular weight excluding hydrogens is 344 g/mol. The van der Waals surface area contributed by atoms with Crippen LogP contribution in [0.2, 0.25) is 0 Å². The van der Waals surface area contributed by atoms with Gasteiger partial charge in [0.05, 0.1) is 0 Å². The molecule has 0 aliphatic carbocycles. The molecule has 1 amide bonds. The summed E-state index contributed by atoms with van der Waals surface area (Å²) >= 11 is 3.43. The average molecular weight is 357 g/mol. The zero-order valence-electron chi connectivity index (χ0n) is 11.8. The van der Waals surface area contributed by atoms with Crippen molar-refractivity contribution in [2.45, 2.75) is 6.92 Å². The molecule has 0 saturated heterocycles. The van der Waals surface area contributed by atoms with Crippen LogP contribution in [0.1, 0.15) is 23.0 Å². The fraction of sp³-hybridized carbons (Fsp3) is 0.0588. The van der Waals surface area contributed by atoms with E-state index < -0.39 is 0 Å². The molecule has 22 heavy (non-hydrogen) atoms. The van der Waals surface area contributed by atoms with Gasteiger partial charge in [0, 0.05) is 15.4 Å². The van der Waals surface area contributed by atoms with Crippen LogP contribution in [0.5, 0.6) is 0 Å². The Labute approximate surface area is 136 Å². The second-order valence-electron chi connectivity index (χ2n) is 4.80. The van der Waals surface area contributed by atoms with Crippen molar-refractivity contribution < 1.29 is 9.21 Å². The van der Waals surface area contributed by atoms with Gasteiger partial charge in [-0.25, -0.2) is 5.43 Å². The Morgan fingerprint density at radius 2 is 1.91 bits per heavy atom. The van der Waals surface area contributed by atoms with E-state index in [1.807, 2.05) is 42.5 Å². The number of benzene rings is 2. The predicted molar refractivity (Wildman–Crippen MR) is 90.0 cm³/mol. The van der Waals surface area contributed by atoms with Gasteiger partial charge in [0.25, 0.3) is 5.91 Å². The molecule has 3 rings (SSSR count). The molecule has 1 aromatic heterocycles. The number of fused-ring (bicyclic) bond motifs is 1. The maximum Gasteiger partial charge on any atom is 0.271 e. The monoisotopic (exact) mass is 356 g/mol. The summed E-state index contributed by atoms with van der Waals surface area (Å²) in [6.45, 7) is 1.79. The number of nitrogens with zero attached hydrogens (tertiary/aromatic N) is 1. The highest BCUT2D eigenvalue weighted by Crippen LogP contribution is 2.23. The molecule has 2 aromatic carbocycles. The Balaban J connectivity index is 1.80. The molecule has 0 fully saturated rings. The van der Waals surface area contributed by atoms with Gasteiger partial charge in [0.1, 0.15) is 11.3 Å². The Morgan fingerprint density at radius 3 is 2.68 bits per heavy atom. The minimum Gasteiger partial charge on any atom is -0.455 e. The smallest absolute Gasteiger partial charge is 0.271 e. The van der Waals surface area contributed by atoms with E-state index in [-0.39, 0.29) is 5.91 Å². The quantitative estimate of drug-likeness (QED) is 0.560. The first-order chi connectivity index (χ1) is 10.6. The van der Waals surface area contributed by atoms with Crippen molar-refractivity contribution >= 4 is 38.5 Å². The van der Waals surface area contributed by atoms with Gasteiger partial charge in [-0.05, 0) is 43.3 Å². The molecule has 0 unspecified atom stereocenters. The van der Waals surface area contributed by atoms with Crippen molar-refractivity contribution in [1.29, 1.82) is 0 Å². The summed E-state index contributed by atoms with van der Waals surface area (Å²) < 4.78 is 6.71. The van der Waals surface area contributed by atoms with Gasteiger partial charge >= 0.3 is 0 Å². The lowest BCUT2D eigenvalue weighted by Crippen LogP contribution is -2.19. The molecule has 1 N–H and O–H groups in total. The van der Waals surface area contributed by atoms with Crippen LogP contribution in [-0.4, -0.2) is 11.6 Å². The second-order valence-corrected chi connectivity index (χ2v) is 5.71. The van der Waals surface area contributed by atoms with Gasteiger partial charge in [-0.3, -0.25) is 4.79 Å². The molecule has 1 heterocycles. The summed E-state index contributed by atoms with van der Waals surface area (Å²) in [5.41, 5.74) is 4.48. The molecule has 0 bridgehead atoms. The molecule has 110 valence electrons. The van der Waals surface area contributed by atoms with E-state index in [4.69, 9.17) is 4.42 Å². The molecule has 4 nitrogen and oxygen atoms in total. The molecule has 0 aliphatic rings. The maximum absolute atomic E-state index is 11.9. The van der Waals surface area contributed by atoms with Crippen molar-refractivity contribution in [2.75, 3.05) is 0 Å². The molecule has 3 aromatic rings. The summed E-state index contributed by atoms with van der Waals surface area (Å²) in [5.74, 6) is 0.375. The summed E-state index contributed by atoms with van der Waals surface area (Å²) in [7, 11) is 0. The van der Waals surface area contributed by atoms with Crippen molar-refractivity contribution in [1.82, 2.24) is 5.43 Å². The third kappa shape index (κ3) is 3.09. The average Bonchev–Trinajstić information content (AvgIpc) is 2.96. The minimum absolute atomic E-state index is 0.251. The van der Waals surface area contributed by atoms with Crippen LogP contribution in [0.15, 0.2) is 68.6 Å². The highest BCUT2D eigenvalue weighted by molar-refractivity contribution is 9.10. The van der Waals surface area contributed by atoms with E-state index >= 15 is 0 Å². The number of hydrogen-bond donors (Lipinski definition) is 1. The Kier molecular flexibility index (Phi) is 4.06. The third-order valence-electron chi connectivity index (χ3n) is 3.20. The lowest BCUT2D eigenvalue weighted by molar-refractivity contribution is 0.0955. The fourth-order valence-electron chi connectivity index (χ4n) is 2.04. The summed E-state index contributed by atoms with van der Waals surface area (Å²) in [4.78, 5) is 11.9. The molecule has 0 atom stereocenters. The number of hydrogen-bond acceptors (Lipinski definition) is 3. The van der Waals surface area contributed by atoms with Crippen LogP contribution in [-0.2, 0) is 0 Å². The molecule has 0 spiro atoms. The topological polar surface area (TPSA) is 54.6 Å². The number of halogens is 1. The maximum atomic E-state index is 11.9. The van der Waals surface area contributed by atoms with Gasteiger partial charge < -0.3 is 4.42 Å². The zero-order valence-corrected chi connectivity index (χ0v) is 13.4. The van der Waals surface area contributed by atoms with Crippen LogP contribution in [0, 0.1) is 0 Å². The van der Waals surface area contributed by atoms with E-state index in [1.54, 1.807) is 19.1 Å². The van der Waals surface area contributed by atoms with E-state index in [2.05, 4.69) is 26.5 Å². The van der Waals surface area contributed by atoms with Crippen molar-refractivity contribution in [3.05, 3.63) is 70.4 Å². The first-order valence-electron chi connectivity index (χ1n) is 6.72. The van der Waals surface area contributed by atoms with Crippen LogP contribution in [0.3, 0.4) is 0 Å². The van der Waals surface area contributed by atoms with Crippen molar-refractivity contribution in [2.24, 2.45) is 5.10 Å². The summed E-state index contributed by atoms with van der Waals surface area (Å²) in [6, 6.07) is 16.6. The van der Waals surface area contributed by atoms with E-state index in [9.17, 15) is 4.79 Å². The minimum atomic E-state index is -0.251. The zero-order chi connectivity index (χ0) is 15.5. The Hall–Kier alpha value is -2.40. The normalized spacial score (nSPS) is 11.6. The van der Waals surface area contributed by atoms with Gasteiger partial charge in [0.2, 0.25) is 0 Å². The molecule has 5 heteroatoms. The van der Waals surface area contributed by atoms with E-state index in [0.29, 0.717) is 17.0 Å². The molecule has 0 aliphatic heterocycles. The molecule has 0 saturated carbocycles.